The van der Waals surface area contributed by atoms with Crippen LogP contribution in [-0.2, 0) is 12.3 Å². The van der Waals surface area contributed by atoms with E-state index in [-0.39, 0.29) is 5.56 Å². The van der Waals surface area contributed by atoms with Crippen molar-refractivity contribution in [3.8, 4) is 0 Å². The van der Waals surface area contributed by atoms with Gasteiger partial charge in [-0.05, 0) is 23.8 Å². The van der Waals surface area contributed by atoms with Gasteiger partial charge in [-0.1, -0.05) is 54.2 Å². The molecule has 0 fully saturated rings. The standard InChI is InChI=1S/C22H17N5OS/c28-20-18-9-4-5-10-19(18)25-22(27(20)13-16-7-2-1-3-8-16)29-15-17-14-26-12-6-11-23-21(26)24-17/h1-12,14H,13,15H2. The molecule has 7 heteroatoms. The summed E-state index contributed by atoms with van der Waals surface area (Å²) in [5, 5.41) is 1.31. The summed E-state index contributed by atoms with van der Waals surface area (Å²) in [7, 11) is 0. The minimum Gasteiger partial charge on any atom is -0.291 e. The molecule has 5 rings (SSSR count). The lowest BCUT2D eigenvalue weighted by atomic mass is 10.2. The third kappa shape index (κ3) is 3.52. The van der Waals surface area contributed by atoms with Gasteiger partial charge >= 0.3 is 0 Å². The molecule has 3 heterocycles. The van der Waals surface area contributed by atoms with E-state index in [4.69, 9.17) is 4.98 Å². The van der Waals surface area contributed by atoms with Crippen LogP contribution in [0.25, 0.3) is 16.7 Å². The molecule has 29 heavy (non-hydrogen) atoms. The zero-order valence-electron chi connectivity index (χ0n) is 15.5. The number of hydrogen-bond donors (Lipinski definition) is 0. The van der Waals surface area contributed by atoms with Crippen molar-refractivity contribution in [2.45, 2.75) is 17.5 Å². The second-order valence-electron chi connectivity index (χ2n) is 6.64. The molecule has 3 aromatic heterocycles. The van der Waals surface area contributed by atoms with Crippen molar-refractivity contribution in [3.05, 3.63) is 101 Å². The molecule has 0 N–H and O–H groups in total. The molecule has 0 atom stereocenters. The molecule has 5 aromatic rings. The van der Waals surface area contributed by atoms with Crippen LogP contribution in [0, 0.1) is 0 Å². The van der Waals surface area contributed by atoms with Crippen LogP contribution in [0.4, 0.5) is 0 Å². The van der Waals surface area contributed by atoms with Gasteiger partial charge in [-0.25, -0.2) is 15.0 Å². The maximum Gasteiger partial charge on any atom is 0.262 e. The Bertz CT molecular complexity index is 1330. The number of hydrogen-bond acceptors (Lipinski definition) is 5. The quantitative estimate of drug-likeness (QED) is 0.332. The molecule has 2 aromatic carbocycles. The summed E-state index contributed by atoms with van der Waals surface area (Å²) in [5.41, 5.74) is 2.63. The predicted molar refractivity (Wildman–Crippen MR) is 114 cm³/mol. The molecule has 0 amide bonds. The highest BCUT2D eigenvalue weighted by Crippen LogP contribution is 2.22. The van der Waals surface area contributed by atoms with Gasteiger partial charge in [0.1, 0.15) is 0 Å². The lowest BCUT2D eigenvalue weighted by Gasteiger charge is -2.13. The third-order valence-electron chi connectivity index (χ3n) is 4.64. The van der Waals surface area contributed by atoms with Gasteiger partial charge in [0.05, 0.1) is 23.1 Å². The molecule has 6 nitrogen and oxygen atoms in total. The number of rotatable bonds is 5. The summed E-state index contributed by atoms with van der Waals surface area (Å²) in [6.07, 6.45) is 5.60. The Balaban J connectivity index is 1.53. The molecular formula is C22H17N5OS. The number of para-hydroxylation sites is 1. The topological polar surface area (TPSA) is 65.1 Å². The summed E-state index contributed by atoms with van der Waals surface area (Å²) < 4.78 is 3.64. The molecule has 0 aliphatic heterocycles. The number of benzene rings is 2. The number of imidazole rings is 1. The second-order valence-corrected chi connectivity index (χ2v) is 7.58. The summed E-state index contributed by atoms with van der Waals surface area (Å²) in [5.74, 6) is 1.26. The van der Waals surface area contributed by atoms with E-state index >= 15 is 0 Å². The van der Waals surface area contributed by atoms with Crippen molar-refractivity contribution >= 4 is 28.4 Å². The van der Waals surface area contributed by atoms with Crippen molar-refractivity contribution in [1.29, 1.82) is 0 Å². The van der Waals surface area contributed by atoms with Crippen molar-refractivity contribution in [1.82, 2.24) is 23.9 Å². The van der Waals surface area contributed by atoms with Crippen LogP contribution in [-0.4, -0.2) is 23.9 Å². The number of fused-ring (bicyclic) bond motifs is 2. The summed E-state index contributed by atoms with van der Waals surface area (Å²) in [6, 6.07) is 19.3. The van der Waals surface area contributed by atoms with Gasteiger partial charge in [0.25, 0.3) is 5.56 Å². The van der Waals surface area contributed by atoms with Crippen molar-refractivity contribution in [2.24, 2.45) is 0 Å². The first kappa shape index (κ1) is 17.6. The highest BCUT2D eigenvalue weighted by atomic mass is 32.2. The highest BCUT2D eigenvalue weighted by Gasteiger charge is 2.13. The van der Waals surface area contributed by atoms with E-state index in [9.17, 15) is 4.79 Å². The monoisotopic (exact) mass is 399 g/mol. The van der Waals surface area contributed by atoms with Crippen molar-refractivity contribution in [2.75, 3.05) is 0 Å². The normalized spacial score (nSPS) is 11.3. The summed E-state index contributed by atoms with van der Waals surface area (Å²) in [6.45, 7) is 0.479. The van der Waals surface area contributed by atoms with Crippen molar-refractivity contribution < 1.29 is 0 Å². The molecular weight excluding hydrogens is 382 g/mol. The Labute approximate surface area is 170 Å². The maximum absolute atomic E-state index is 13.2. The molecule has 0 bridgehead atoms. The van der Waals surface area contributed by atoms with Gasteiger partial charge in [-0.15, -0.1) is 0 Å². The summed E-state index contributed by atoms with van der Waals surface area (Å²) in [4.78, 5) is 26.8. The lowest BCUT2D eigenvalue weighted by molar-refractivity contribution is 0.658. The molecule has 0 saturated heterocycles. The fraction of sp³-hybridized carbons (Fsp3) is 0.0909. The maximum atomic E-state index is 13.2. The van der Waals surface area contributed by atoms with Gasteiger partial charge in [0.2, 0.25) is 5.78 Å². The Morgan fingerprint density at radius 3 is 2.62 bits per heavy atom. The Morgan fingerprint density at radius 2 is 1.76 bits per heavy atom. The van der Waals surface area contributed by atoms with Crippen LogP contribution in [0.2, 0.25) is 0 Å². The van der Waals surface area contributed by atoms with E-state index in [1.165, 1.54) is 11.8 Å². The Kier molecular flexibility index (Phi) is 4.57. The van der Waals surface area contributed by atoms with Crippen LogP contribution in [0.15, 0.2) is 89.2 Å². The smallest absolute Gasteiger partial charge is 0.262 e. The lowest BCUT2D eigenvalue weighted by Crippen LogP contribution is -2.24. The minimum absolute atomic E-state index is 0.0291. The number of nitrogens with zero attached hydrogens (tertiary/aromatic N) is 5. The molecule has 0 saturated carbocycles. The fourth-order valence-corrected chi connectivity index (χ4v) is 4.13. The first-order valence-corrected chi connectivity index (χ1v) is 10.2. The van der Waals surface area contributed by atoms with E-state index in [2.05, 4.69) is 9.97 Å². The molecule has 0 radical (unpaired) electrons. The molecule has 0 aliphatic carbocycles. The average molecular weight is 399 g/mol. The SMILES string of the molecule is O=c1c2ccccc2nc(SCc2cn3cccnc3n2)n1Cc1ccccc1. The van der Waals surface area contributed by atoms with Gasteiger partial charge in [0, 0.05) is 24.3 Å². The zero-order valence-corrected chi connectivity index (χ0v) is 16.3. The van der Waals surface area contributed by atoms with Crippen LogP contribution in [0.1, 0.15) is 11.3 Å². The van der Waals surface area contributed by atoms with E-state index in [0.29, 0.717) is 34.1 Å². The molecule has 142 valence electrons. The van der Waals surface area contributed by atoms with E-state index in [0.717, 1.165) is 11.3 Å². The summed E-state index contributed by atoms with van der Waals surface area (Å²) >= 11 is 1.51. The van der Waals surface area contributed by atoms with Crippen LogP contribution >= 0.6 is 11.8 Å². The third-order valence-corrected chi connectivity index (χ3v) is 5.65. The highest BCUT2D eigenvalue weighted by molar-refractivity contribution is 7.98. The molecule has 0 unspecified atom stereocenters. The fourth-order valence-electron chi connectivity index (χ4n) is 3.25. The largest absolute Gasteiger partial charge is 0.291 e. The van der Waals surface area contributed by atoms with Crippen molar-refractivity contribution in [3.63, 3.8) is 0 Å². The van der Waals surface area contributed by atoms with E-state index in [1.54, 1.807) is 10.8 Å². The molecule has 0 aliphatic rings. The van der Waals surface area contributed by atoms with Crippen LogP contribution < -0.4 is 5.56 Å². The average Bonchev–Trinajstić information content (AvgIpc) is 3.18. The van der Waals surface area contributed by atoms with Gasteiger partial charge in [0.15, 0.2) is 5.16 Å². The van der Waals surface area contributed by atoms with E-state index in [1.807, 2.05) is 77.5 Å². The van der Waals surface area contributed by atoms with Gasteiger partial charge in [-0.3, -0.25) is 13.8 Å². The second kappa shape index (κ2) is 7.52. The zero-order chi connectivity index (χ0) is 19.6. The number of aromatic nitrogens is 5. The van der Waals surface area contributed by atoms with Crippen LogP contribution in [0.5, 0.6) is 0 Å². The van der Waals surface area contributed by atoms with Gasteiger partial charge < -0.3 is 0 Å². The predicted octanol–water partition coefficient (Wildman–Crippen LogP) is 3.78. The first-order valence-electron chi connectivity index (χ1n) is 9.23. The number of thioether (sulfide) groups is 1. The minimum atomic E-state index is -0.0291. The Morgan fingerprint density at radius 1 is 0.931 bits per heavy atom. The van der Waals surface area contributed by atoms with Crippen LogP contribution in [0.3, 0.4) is 0 Å². The van der Waals surface area contributed by atoms with Gasteiger partial charge in [-0.2, -0.15) is 0 Å². The Hall–Kier alpha value is -3.45. The van der Waals surface area contributed by atoms with E-state index < -0.39 is 0 Å². The first-order chi connectivity index (χ1) is 14.3. The molecule has 0 spiro atoms.